The molecule has 5 heterocycles. The smallest absolute Gasteiger partial charge is 0.223 e. The molecule has 520 valence electrons. The maximum Gasteiger partial charge on any atom is 0.223 e. The third kappa shape index (κ3) is 14.4. The molecule has 108 heavy (non-hydrogen) atoms. The van der Waals surface area contributed by atoms with E-state index in [1.165, 1.54) is 81.5 Å². The second-order valence-corrected chi connectivity index (χ2v) is 30.5. The molecule has 9 heteroatoms. The van der Waals surface area contributed by atoms with E-state index in [0.717, 1.165) is 87.5 Å². The highest BCUT2D eigenvalue weighted by molar-refractivity contribution is 7.26. The van der Waals surface area contributed by atoms with Crippen molar-refractivity contribution in [1.29, 1.82) is 0 Å². The molecule has 0 saturated carbocycles. The Kier molecular flexibility index (Phi) is 19.2. The van der Waals surface area contributed by atoms with E-state index in [4.69, 9.17) is 31.0 Å². The van der Waals surface area contributed by atoms with E-state index >= 15 is 0 Å². The molecule has 0 atom stereocenters. The third-order valence-electron chi connectivity index (χ3n) is 20.4. The molecule has 6 nitrogen and oxygen atoms in total. The van der Waals surface area contributed by atoms with Gasteiger partial charge in [0, 0.05) is 42.4 Å². The van der Waals surface area contributed by atoms with Crippen LogP contribution in [0.2, 0.25) is 5.28 Å². The number of hydrogen-bond donors (Lipinski definition) is 0. The van der Waals surface area contributed by atoms with Crippen LogP contribution < -0.4 is 0 Å². The molecule has 0 amide bonds. The first-order chi connectivity index (χ1) is 52.9. The first-order valence-electron chi connectivity index (χ1n) is 36.3. The Balaban J connectivity index is 0.000000128. The van der Waals surface area contributed by atoms with Crippen molar-refractivity contribution in [3.8, 4) is 123 Å². The second kappa shape index (κ2) is 30.0. The van der Waals surface area contributed by atoms with Crippen molar-refractivity contribution in [3.05, 3.63) is 375 Å². The zero-order valence-corrected chi connectivity index (χ0v) is 62.4. The molecule has 0 radical (unpaired) electrons. The van der Waals surface area contributed by atoms with Crippen LogP contribution in [0.15, 0.2) is 364 Å². The van der Waals surface area contributed by atoms with Crippen LogP contribution in [0.4, 0.5) is 0 Å². The van der Waals surface area contributed by atoms with Gasteiger partial charge in [-0.25, -0.2) is 19.9 Å². The van der Waals surface area contributed by atoms with Crippen molar-refractivity contribution in [2.24, 2.45) is 0 Å². The maximum absolute atomic E-state index is 6.32. The average molecular weight is 1450 g/mol. The number of halogens is 1. The fourth-order valence-electron chi connectivity index (χ4n) is 14.1. The van der Waals surface area contributed by atoms with Gasteiger partial charge in [0.15, 0.2) is 12.1 Å². The average Bonchev–Trinajstić information content (AvgIpc) is 1.62. The van der Waals surface area contributed by atoms with E-state index in [2.05, 4.69) is 353 Å². The van der Waals surface area contributed by atoms with Crippen molar-refractivity contribution in [2.75, 3.05) is 0 Å². The first kappa shape index (κ1) is 69.0. The van der Waals surface area contributed by atoms with Crippen LogP contribution in [-0.4, -0.2) is 31.1 Å². The maximum atomic E-state index is 6.32. The summed E-state index contributed by atoms with van der Waals surface area (Å²) in [5, 5.41) is 2.59. The number of benzene rings is 14. The van der Waals surface area contributed by atoms with Crippen LogP contribution in [-0.2, 0) is 9.47 Å². The molecule has 0 N–H and O–H groups in total. The van der Waals surface area contributed by atoms with Crippen molar-refractivity contribution in [1.82, 2.24) is 19.9 Å². The minimum Gasteiger partial charge on any atom is -0.339 e. The number of thiophene rings is 2. The molecule has 1 aliphatic rings. The van der Waals surface area contributed by atoms with Crippen molar-refractivity contribution in [2.45, 2.75) is 45.2 Å². The van der Waals surface area contributed by atoms with E-state index in [0.29, 0.717) is 5.28 Å². The summed E-state index contributed by atoms with van der Waals surface area (Å²) in [6.45, 7) is 8.36. The zero-order valence-electron chi connectivity index (χ0n) is 60.0. The predicted molar refractivity (Wildman–Crippen MR) is 454 cm³/mol. The van der Waals surface area contributed by atoms with Gasteiger partial charge in [0.25, 0.3) is 0 Å². The largest absolute Gasteiger partial charge is 0.339 e. The highest BCUT2D eigenvalue weighted by atomic mass is 35.5. The van der Waals surface area contributed by atoms with Crippen molar-refractivity contribution < 1.29 is 9.47 Å². The fraction of sp³-hybridized carbons (Fsp3) is 0.0707. The van der Waals surface area contributed by atoms with Gasteiger partial charge < -0.3 is 9.47 Å². The molecule has 4 aromatic heterocycles. The van der Waals surface area contributed by atoms with Crippen LogP contribution in [0.3, 0.4) is 0 Å². The Morgan fingerprint density at radius 1 is 0.259 bits per heavy atom. The minimum absolute atomic E-state index is 0.292. The van der Waals surface area contributed by atoms with Crippen LogP contribution >= 0.6 is 34.3 Å². The van der Waals surface area contributed by atoms with Crippen LogP contribution in [0.1, 0.15) is 39.5 Å². The van der Waals surface area contributed by atoms with Crippen molar-refractivity contribution in [3.63, 3.8) is 0 Å². The molecule has 19 rings (SSSR count). The van der Waals surface area contributed by atoms with Gasteiger partial charge in [-0.3, -0.25) is 0 Å². The Morgan fingerprint density at radius 3 is 0.935 bits per heavy atom. The van der Waals surface area contributed by atoms with Gasteiger partial charge >= 0.3 is 0 Å². The van der Waals surface area contributed by atoms with Crippen molar-refractivity contribution >= 4 is 74.9 Å². The molecule has 1 aliphatic heterocycles. The second-order valence-electron chi connectivity index (χ2n) is 28.0. The van der Waals surface area contributed by atoms with Gasteiger partial charge in [-0.2, -0.15) is 0 Å². The number of hydrogen-bond acceptors (Lipinski definition) is 8. The summed E-state index contributed by atoms with van der Waals surface area (Å²) in [7, 11) is 0. The number of fused-ring (bicyclic) bond motifs is 6. The Bertz CT molecular complexity index is 6140. The van der Waals surface area contributed by atoms with Gasteiger partial charge in [0.05, 0.1) is 43.0 Å². The topological polar surface area (TPSA) is 70.0 Å². The molecule has 0 unspecified atom stereocenters. The molecule has 0 aliphatic carbocycles. The zero-order chi connectivity index (χ0) is 73.1. The summed E-state index contributed by atoms with van der Waals surface area (Å²) in [4.78, 5) is 19.3. The quantitative estimate of drug-likeness (QED) is 0.114. The van der Waals surface area contributed by atoms with Gasteiger partial charge in [-0.15, -0.1) is 22.7 Å². The Labute approximate surface area is 642 Å². The predicted octanol–water partition coefficient (Wildman–Crippen LogP) is 28.0. The highest BCUT2D eigenvalue weighted by Gasteiger charge is 2.49. The normalized spacial score (nSPS) is 13.1. The molecular weight excluding hydrogens is 1380 g/mol. The summed E-state index contributed by atoms with van der Waals surface area (Å²) >= 11 is 9.58. The molecule has 18 aromatic rings. The number of nitrogens with zero attached hydrogens (tertiary/aromatic N) is 4. The summed E-state index contributed by atoms with van der Waals surface area (Å²) in [6, 6.07) is 128. The lowest BCUT2D eigenvalue weighted by molar-refractivity contribution is -0.0895. The van der Waals surface area contributed by atoms with E-state index in [-0.39, 0.29) is 17.5 Å². The van der Waals surface area contributed by atoms with Gasteiger partial charge in [0.2, 0.25) is 5.28 Å². The van der Waals surface area contributed by atoms with Crippen LogP contribution in [0.5, 0.6) is 0 Å². The molecular formula is C99H73ClN4O2S2. The van der Waals surface area contributed by atoms with Gasteiger partial charge in [-0.1, -0.05) is 291 Å². The molecule has 14 aromatic carbocycles. The highest BCUT2D eigenvalue weighted by Crippen LogP contribution is 2.47. The fourth-order valence-corrected chi connectivity index (χ4v) is 16.6. The molecule has 0 spiro atoms. The summed E-state index contributed by atoms with van der Waals surface area (Å²) < 4.78 is 17.3. The van der Waals surface area contributed by atoms with Gasteiger partial charge in [-0.05, 0) is 201 Å². The molecule has 1 fully saturated rings. The van der Waals surface area contributed by atoms with E-state index in [9.17, 15) is 0 Å². The first-order valence-corrected chi connectivity index (χ1v) is 38.3. The number of aromatic nitrogens is 4. The lowest BCUT2D eigenvalue weighted by Gasteiger charge is -2.30. The standard InChI is InChI=1S/C46H30N2S.C37H34O2.C16H9ClN2S/c1-4-14-31(15-5-1)38-28-39(32-16-6-2-7-17-32)30-40(29-38)36-22-12-20-34(26-36)35-21-13-23-37(27-35)46-47-43(33-18-8-3-9-19-33)45-44(48-46)41-24-10-11-25-42(41)49-45;1-36(2)37(3,4)39-35(38-36)31-20-12-18-29(22-31)28-17-11-19-30(21-28)34-24-32(26-13-7-5-8-14-26)23-33(25-34)27-15-9-6-10-16-27;17-16-18-13(10-6-2-1-3-7-10)15-14(19-16)11-8-4-5-9-12(11)20-15/h1-30H;5-25,35H,1-4H3;1-9H. The van der Waals surface area contributed by atoms with Crippen LogP contribution in [0, 0.1) is 0 Å². The summed E-state index contributed by atoms with van der Waals surface area (Å²) in [6.07, 6.45) is -0.380. The van der Waals surface area contributed by atoms with E-state index < -0.39 is 0 Å². The Hall–Kier alpha value is -12.1. The van der Waals surface area contributed by atoms with E-state index in [1.807, 2.05) is 48.5 Å². The van der Waals surface area contributed by atoms with Crippen LogP contribution in [0.25, 0.3) is 164 Å². The molecule has 1 saturated heterocycles. The lowest BCUT2D eigenvalue weighted by Crippen LogP contribution is -2.41. The summed E-state index contributed by atoms with van der Waals surface area (Å²) in [5.74, 6) is 0.732. The monoisotopic (exact) mass is 1450 g/mol. The third-order valence-corrected chi connectivity index (χ3v) is 22.9. The number of ether oxygens (including phenoxy) is 2. The van der Waals surface area contributed by atoms with Gasteiger partial charge in [0.1, 0.15) is 0 Å². The molecule has 0 bridgehead atoms. The SMILES string of the molecule is CC1(C)OC(c2cccc(-c3cccc(-c4cc(-c5ccccc5)cc(-c5ccccc5)c4)c3)c2)OC1(C)C.Clc1nc(-c2ccccc2)c2sc3ccccc3c2n1.c1ccc(-c2cc(-c3ccccc3)cc(-c3cccc(-c4cccc(-c5nc(-c6ccccc6)c6sc7ccccc7c6n5)c4)c3)c2)cc1. The minimum atomic E-state index is -0.380. The summed E-state index contributed by atoms with van der Waals surface area (Å²) in [5.41, 5.74) is 26.2. The lowest BCUT2D eigenvalue weighted by atomic mass is 9.90. The van der Waals surface area contributed by atoms with E-state index in [1.54, 1.807) is 22.7 Å². The number of rotatable bonds is 12. The Morgan fingerprint density at radius 2 is 0.537 bits per heavy atom.